The second-order valence-corrected chi connectivity index (χ2v) is 6.51. The highest BCUT2D eigenvalue weighted by Gasteiger charge is 2.21. The zero-order valence-corrected chi connectivity index (χ0v) is 13.3. The van der Waals surface area contributed by atoms with Gasteiger partial charge in [0.2, 0.25) is 0 Å². The van der Waals surface area contributed by atoms with Crippen molar-refractivity contribution in [3.63, 3.8) is 0 Å². The van der Waals surface area contributed by atoms with E-state index in [0.29, 0.717) is 16.7 Å². The van der Waals surface area contributed by atoms with Gasteiger partial charge in [-0.25, -0.2) is 13.4 Å². The highest BCUT2D eigenvalue weighted by Crippen LogP contribution is 2.28. The number of aromatic nitrogens is 1. The summed E-state index contributed by atoms with van der Waals surface area (Å²) in [6.07, 6.45) is 1.35. The van der Waals surface area contributed by atoms with Crippen LogP contribution < -0.4 is 9.46 Å². The quantitative estimate of drug-likeness (QED) is 0.898. The van der Waals surface area contributed by atoms with Crippen molar-refractivity contribution in [3.05, 3.63) is 46.6 Å². The number of benzene rings is 1. The number of ether oxygens (including phenoxy) is 1. The Kier molecular flexibility index (Phi) is 4.92. The highest BCUT2D eigenvalue weighted by molar-refractivity contribution is 7.92. The molecule has 1 aromatic heterocycles. The van der Waals surface area contributed by atoms with E-state index in [1.54, 1.807) is 13.0 Å². The molecule has 0 radical (unpaired) electrons. The topological polar surface area (TPSA) is 68.3 Å². The predicted molar refractivity (Wildman–Crippen MR) is 82.7 cm³/mol. The van der Waals surface area contributed by atoms with Crippen molar-refractivity contribution in [2.45, 2.75) is 11.8 Å². The van der Waals surface area contributed by atoms with Gasteiger partial charge in [0, 0.05) is 11.2 Å². The number of hydrogen-bond donors (Lipinski definition) is 1. The Balaban J connectivity index is 2.39. The number of nitrogens with zero attached hydrogens (tertiary/aromatic N) is 1. The maximum Gasteiger partial charge on any atom is 0.266 e. The van der Waals surface area contributed by atoms with Gasteiger partial charge in [-0.05, 0) is 37.3 Å². The number of rotatable bonds is 5. The molecule has 0 fully saturated rings. The summed E-state index contributed by atoms with van der Waals surface area (Å²) >= 11 is 11.6. The van der Waals surface area contributed by atoms with Gasteiger partial charge in [-0.15, -0.1) is 0 Å². The van der Waals surface area contributed by atoms with Crippen LogP contribution in [0.15, 0.2) is 41.4 Å². The monoisotopic (exact) mass is 346 g/mol. The molecule has 0 saturated heterocycles. The van der Waals surface area contributed by atoms with E-state index in [2.05, 4.69) is 9.71 Å². The number of hydrogen-bond acceptors (Lipinski definition) is 4. The summed E-state index contributed by atoms with van der Waals surface area (Å²) in [4.78, 5) is 3.84. The third kappa shape index (κ3) is 4.00. The third-order valence-corrected chi connectivity index (χ3v) is 4.30. The highest BCUT2D eigenvalue weighted by atomic mass is 35.5. The van der Waals surface area contributed by atoms with Crippen LogP contribution in [0.5, 0.6) is 5.75 Å². The molecule has 0 bridgehead atoms. The zero-order valence-electron chi connectivity index (χ0n) is 11.0. The molecule has 2 rings (SSSR count). The molecule has 0 saturated carbocycles. The van der Waals surface area contributed by atoms with Gasteiger partial charge in [-0.2, -0.15) is 0 Å². The summed E-state index contributed by atoms with van der Waals surface area (Å²) in [5.74, 6) is 0.380. The molecule has 0 aliphatic carbocycles. The number of halogens is 2. The van der Waals surface area contributed by atoms with E-state index in [9.17, 15) is 8.42 Å². The van der Waals surface area contributed by atoms with Crippen molar-refractivity contribution in [2.24, 2.45) is 0 Å². The maximum absolute atomic E-state index is 12.4. The molecule has 0 aliphatic rings. The first-order valence-electron chi connectivity index (χ1n) is 5.99. The summed E-state index contributed by atoms with van der Waals surface area (Å²) < 4.78 is 32.5. The molecule has 5 nitrogen and oxygen atoms in total. The zero-order chi connectivity index (χ0) is 15.5. The van der Waals surface area contributed by atoms with Crippen LogP contribution in [0.4, 0.5) is 5.82 Å². The van der Waals surface area contributed by atoms with E-state index in [1.165, 1.54) is 30.5 Å². The molecule has 0 spiro atoms. The van der Waals surface area contributed by atoms with Crippen molar-refractivity contribution in [3.8, 4) is 5.75 Å². The van der Waals surface area contributed by atoms with E-state index in [1.807, 2.05) is 0 Å². The standard InChI is InChI=1S/C13H12Cl2N2O3S/c1-2-20-11-5-3-9(14)7-12(11)21(18,19)17-13-6-4-10(15)8-16-13/h3-8H,2H2,1H3,(H,16,17). The molecule has 1 aromatic carbocycles. The van der Waals surface area contributed by atoms with Gasteiger partial charge in [-0.1, -0.05) is 23.2 Å². The summed E-state index contributed by atoms with van der Waals surface area (Å²) in [6, 6.07) is 7.39. The first-order valence-corrected chi connectivity index (χ1v) is 8.23. The van der Waals surface area contributed by atoms with Crippen molar-refractivity contribution >= 4 is 39.0 Å². The average Bonchev–Trinajstić information content (AvgIpc) is 2.43. The molecule has 0 unspecified atom stereocenters. The van der Waals surface area contributed by atoms with Gasteiger partial charge in [0.25, 0.3) is 10.0 Å². The van der Waals surface area contributed by atoms with Gasteiger partial charge < -0.3 is 4.74 Å². The van der Waals surface area contributed by atoms with Crippen molar-refractivity contribution in [1.29, 1.82) is 0 Å². The summed E-state index contributed by atoms with van der Waals surface area (Å²) in [7, 11) is -3.87. The van der Waals surface area contributed by atoms with E-state index >= 15 is 0 Å². The fourth-order valence-electron chi connectivity index (χ4n) is 1.60. The Hall–Kier alpha value is -1.50. The minimum atomic E-state index is -3.87. The van der Waals surface area contributed by atoms with E-state index in [-0.39, 0.29) is 16.5 Å². The van der Waals surface area contributed by atoms with Gasteiger partial charge in [0.1, 0.15) is 16.5 Å². The molecule has 0 aliphatic heterocycles. The normalized spacial score (nSPS) is 11.2. The van der Waals surface area contributed by atoms with E-state index in [0.717, 1.165) is 0 Å². The molecule has 0 atom stereocenters. The Morgan fingerprint density at radius 3 is 2.52 bits per heavy atom. The first-order chi connectivity index (χ1) is 9.92. The minimum absolute atomic E-state index is 0.0476. The molecule has 0 amide bonds. The lowest BCUT2D eigenvalue weighted by molar-refractivity contribution is 0.331. The van der Waals surface area contributed by atoms with Gasteiger partial charge >= 0.3 is 0 Å². The summed E-state index contributed by atoms with van der Waals surface area (Å²) in [5.41, 5.74) is 0. The van der Waals surface area contributed by atoms with E-state index < -0.39 is 10.0 Å². The van der Waals surface area contributed by atoms with E-state index in [4.69, 9.17) is 27.9 Å². The van der Waals surface area contributed by atoms with Crippen LogP contribution >= 0.6 is 23.2 Å². The molecule has 112 valence electrons. The molecular weight excluding hydrogens is 335 g/mol. The number of sulfonamides is 1. The molecule has 8 heteroatoms. The van der Waals surface area contributed by atoms with Gasteiger partial charge in [0.15, 0.2) is 0 Å². The smallest absolute Gasteiger partial charge is 0.266 e. The van der Waals surface area contributed by atoms with Gasteiger partial charge in [-0.3, -0.25) is 4.72 Å². The molecule has 21 heavy (non-hydrogen) atoms. The molecule has 2 aromatic rings. The van der Waals surface area contributed by atoms with Crippen LogP contribution in [0.3, 0.4) is 0 Å². The Bertz CT molecular complexity index is 734. The van der Waals surface area contributed by atoms with Crippen LogP contribution in [0.2, 0.25) is 10.0 Å². The number of nitrogens with one attached hydrogen (secondary N) is 1. The van der Waals surface area contributed by atoms with Crippen molar-refractivity contribution < 1.29 is 13.2 Å². The SMILES string of the molecule is CCOc1ccc(Cl)cc1S(=O)(=O)Nc1ccc(Cl)cn1. The number of pyridine rings is 1. The molecule has 1 heterocycles. The fraction of sp³-hybridized carbons (Fsp3) is 0.154. The van der Waals surface area contributed by atoms with Gasteiger partial charge in [0.05, 0.1) is 11.6 Å². The van der Waals surface area contributed by atoms with Crippen molar-refractivity contribution in [2.75, 3.05) is 11.3 Å². The maximum atomic E-state index is 12.4. The number of anilines is 1. The lowest BCUT2D eigenvalue weighted by Gasteiger charge is -2.12. The molecular formula is C13H12Cl2N2O3S. The lowest BCUT2D eigenvalue weighted by atomic mass is 10.3. The third-order valence-electron chi connectivity index (χ3n) is 2.46. The van der Waals surface area contributed by atoms with Crippen LogP contribution in [0.25, 0.3) is 0 Å². The summed E-state index contributed by atoms with van der Waals surface area (Å²) in [5, 5.41) is 0.707. The average molecular weight is 347 g/mol. The second kappa shape index (κ2) is 6.51. The Labute approximate surface area is 132 Å². The van der Waals surface area contributed by atoms with Crippen LogP contribution in [0, 0.1) is 0 Å². The fourth-order valence-corrected chi connectivity index (χ4v) is 3.12. The molecule has 1 N–H and O–H groups in total. The predicted octanol–water partition coefficient (Wildman–Crippen LogP) is 3.59. The van der Waals surface area contributed by atoms with Crippen LogP contribution in [0.1, 0.15) is 6.92 Å². The second-order valence-electron chi connectivity index (χ2n) is 3.99. The van der Waals surface area contributed by atoms with Crippen LogP contribution in [-0.2, 0) is 10.0 Å². The summed E-state index contributed by atoms with van der Waals surface area (Å²) in [6.45, 7) is 2.10. The van der Waals surface area contributed by atoms with Crippen LogP contribution in [-0.4, -0.2) is 20.0 Å². The Morgan fingerprint density at radius 1 is 1.19 bits per heavy atom. The Morgan fingerprint density at radius 2 is 1.90 bits per heavy atom. The first kappa shape index (κ1) is 15.9. The largest absolute Gasteiger partial charge is 0.492 e. The lowest BCUT2D eigenvalue weighted by Crippen LogP contribution is -2.15. The van der Waals surface area contributed by atoms with Crippen molar-refractivity contribution in [1.82, 2.24) is 4.98 Å². The minimum Gasteiger partial charge on any atom is -0.492 e.